The monoisotopic (exact) mass is 1200 g/mol. The van der Waals surface area contributed by atoms with Crippen LogP contribution in [0.15, 0.2) is 235 Å². The van der Waals surface area contributed by atoms with Crippen LogP contribution in [0.1, 0.15) is 44.5 Å². The van der Waals surface area contributed by atoms with E-state index >= 15 is 0 Å². The van der Waals surface area contributed by atoms with Crippen molar-refractivity contribution in [3.63, 3.8) is 0 Å². The number of benzene rings is 12. The van der Waals surface area contributed by atoms with Gasteiger partial charge in [0.1, 0.15) is 5.52 Å². The van der Waals surface area contributed by atoms with E-state index in [1.807, 2.05) is 30.3 Å². The van der Waals surface area contributed by atoms with E-state index < -0.39 is 0 Å². The van der Waals surface area contributed by atoms with E-state index in [4.69, 9.17) is 24.4 Å². The number of para-hydroxylation sites is 2. The molecule has 0 aliphatic carbocycles. The van der Waals surface area contributed by atoms with Crippen molar-refractivity contribution in [2.45, 2.75) is 55.4 Å². The summed E-state index contributed by atoms with van der Waals surface area (Å²) in [6, 6.07) is 84.1. The van der Waals surface area contributed by atoms with Crippen molar-refractivity contribution >= 4 is 98.3 Å². The summed E-state index contributed by atoms with van der Waals surface area (Å²) in [5, 5.41) is 8.96. The van der Waals surface area contributed by atoms with Gasteiger partial charge in [-0.1, -0.05) is 166 Å². The molecule has 6 heterocycles. The first-order valence-corrected chi connectivity index (χ1v) is 31.9. The second kappa shape index (κ2) is 20.4. The van der Waals surface area contributed by atoms with Gasteiger partial charge in [-0.2, -0.15) is 0 Å². The third-order valence-electron chi connectivity index (χ3n) is 19.0. The van der Waals surface area contributed by atoms with Crippen LogP contribution in [0, 0.1) is 55.4 Å². The van der Waals surface area contributed by atoms with Crippen LogP contribution in [0.25, 0.3) is 167 Å². The molecule has 0 saturated heterocycles. The molecule has 444 valence electrons. The fraction of sp³-hybridized carbons (Fsp3) is 0.0952. The molecule has 18 aromatic rings. The van der Waals surface area contributed by atoms with E-state index in [-0.39, 0.29) is 0 Å². The second-order valence-corrected chi connectivity index (χ2v) is 25.7. The average molecular weight is 1200 g/mol. The summed E-state index contributed by atoms with van der Waals surface area (Å²) in [6.07, 6.45) is 0. The number of nitrogens with zero attached hydrogens (tertiary/aromatic N) is 8. The van der Waals surface area contributed by atoms with Crippen LogP contribution in [0.2, 0.25) is 0 Å². The number of hydrogen-bond donors (Lipinski definition) is 0. The molecule has 12 aromatic carbocycles. The number of hydrogen-bond acceptors (Lipinski definition) is 5. The van der Waals surface area contributed by atoms with Gasteiger partial charge in [0.05, 0.1) is 78.0 Å². The van der Waals surface area contributed by atoms with Gasteiger partial charge in [-0.15, -0.1) is 0 Å². The molecule has 0 bridgehead atoms. The Kier molecular flexibility index (Phi) is 11.9. The van der Waals surface area contributed by atoms with E-state index in [1.165, 1.54) is 0 Å². The van der Waals surface area contributed by atoms with Crippen molar-refractivity contribution in [3.8, 4) is 68.4 Å². The molecule has 18 rings (SSSR count). The Labute approximate surface area is 536 Å². The number of fused-ring (bicyclic) bond motifs is 13. The van der Waals surface area contributed by atoms with Crippen LogP contribution in [0.4, 0.5) is 0 Å². The molecule has 0 spiro atoms. The summed E-state index contributed by atoms with van der Waals surface area (Å²) < 4.78 is 17.7. The van der Waals surface area contributed by atoms with Gasteiger partial charge in [0.2, 0.25) is 5.89 Å². The fourth-order valence-electron chi connectivity index (χ4n) is 14.8. The van der Waals surface area contributed by atoms with Crippen LogP contribution < -0.4 is 0 Å². The Bertz CT molecular complexity index is 5940. The molecule has 0 amide bonds. The van der Waals surface area contributed by atoms with Crippen molar-refractivity contribution in [3.05, 3.63) is 275 Å². The van der Waals surface area contributed by atoms with Crippen molar-refractivity contribution < 1.29 is 4.42 Å². The van der Waals surface area contributed by atoms with E-state index in [0.29, 0.717) is 28.9 Å². The average Bonchev–Trinajstić information content (AvgIpc) is 1.58. The summed E-state index contributed by atoms with van der Waals surface area (Å²) in [5.74, 6) is 2.00. The highest BCUT2D eigenvalue weighted by Crippen LogP contribution is 2.55. The summed E-state index contributed by atoms with van der Waals surface area (Å²) in [6.45, 7) is 17.5. The Morgan fingerprint density at radius 3 is 0.925 bits per heavy atom. The first-order chi connectivity index (χ1) is 45.4. The molecule has 0 aliphatic heterocycles. The standard InChI is InChI=1S/C84H62N8O/c1-47-24-32-66-58(39-47)57-31-23-54(8)46-73(57)92(66)80-76(84-85-65-21-15-16-22-74(65)93-84)79(91-71-37-29-52(6)44-63(71)64-45-53(7)30-38-72(64)91)77(89-67-33-25-48(2)40-59(67)60-41-49(3)26-34-68(60)89)75(78(80)90-69-35-27-50(4)42-61(69)62-43-51(5)28-36-70(62)90)83-87-81(55-17-11-9-12-18-55)86-82(88-83)56-19-13-10-14-20-56/h9-46H,1-8H3. The predicted octanol–water partition coefficient (Wildman–Crippen LogP) is 21.5. The molecule has 0 N–H and O–H groups in total. The lowest BCUT2D eigenvalue weighted by Crippen LogP contribution is -2.17. The zero-order valence-electron chi connectivity index (χ0n) is 52.9. The highest BCUT2D eigenvalue weighted by atomic mass is 16.3. The molecule has 0 unspecified atom stereocenters. The van der Waals surface area contributed by atoms with Crippen molar-refractivity contribution in [1.29, 1.82) is 0 Å². The zero-order valence-corrected chi connectivity index (χ0v) is 52.9. The van der Waals surface area contributed by atoms with Crippen LogP contribution in [0.5, 0.6) is 0 Å². The van der Waals surface area contributed by atoms with Gasteiger partial charge in [-0.05, 0) is 164 Å². The van der Waals surface area contributed by atoms with Gasteiger partial charge in [-0.25, -0.2) is 19.9 Å². The lowest BCUT2D eigenvalue weighted by atomic mass is 9.96. The van der Waals surface area contributed by atoms with Crippen molar-refractivity contribution in [2.75, 3.05) is 0 Å². The molecule has 0 aliphatic rings. The second-order valence-electron chi connectivity index (χ2n) is 25.7. The van der Waals surface area contributed by atoms with Gasteiger partial charge >= 0.3 is 0 Å². The predicted molar refractivity (Wildman–Crippen MR) is 384 cm³/mol. The number of rotatable bonds is 8. The van der Waals surface area contributed by atoms with Crippen LogP contribution in [-0.4, -0.2) is 38.2 Å². The summed E-state index contributed by atoms with van der Waals surface area (Å²) in [4.78, 5) is 23.3. The minimum atomic E-state index is 0.449. The maximum Gasteiger partial charge on any atom is 0.231 e. The first kappa shape index (κ1) is 54.3. The minimum Gasteiger partial charge on any atom is -0.436 e. The topological polar surface area (TPSA) is 84.4 Å². The van der Waals surface area contributed by atoms with Crippen LogP contribution in [-0.2, 0) is 0 Å². The molecule has 0 radical (unpaired) electrons. The quantitative estimate of drug-likeness (QED) is 0.151. The smallest absolute Gasteiger partial charge is 0.231 e. The maximum atomic E-state index is 7.62. The molecule has 6 aromatic heterocycles. The molecular weight excluding hydrogens is 1140 g/mol. The molecule has 0 saturated carbocycles. The Morgan fingerprint density at radius 1 is 0.247 bits per heavy atom. The molecule has 0 fully saturated rings. The lowest BCUT2D eigenvalue weighted by Gasteiger charge is -2.30. The molecule has 9 heteroatoms. The third-order valence-corrected chi connectivity index (χ3v) is 19.0. The Morgan fingerprint density at radius 2 is 0.548 bits per heavy atom. The van der Waals surface area contributed by atoms with E-state index in [1.54, 1.807) is 0 Å². The van der Waals surface area contributed by atoms with Gasteiger partial charge in [-0.3, -0.25) is 0 Å². The van der Waals surface area contributed by atoms with Crippen molar-refractivity contribution in [2.24, 2.45) is 0 Å². The van der Waals surface area contributed by atoms with Gasteiger partial charge in [0.25, 0.3) is 0 Å². The molecule has 0 atom stereocenters. The Balaban J connectivity index is 1.24. The van der Waals surface area contributed by atoms with E-state index in [9.17, 15) is 0 Å². The van der Waals surface area contributed by atoms with Gasteiger partial charge < -0.3 is 22.7 Å². The number of oxazole rings is 1. The zero-order chi connectivity index (χ0) is 62.7. The molecule has 93 heavy (non-hydrogen) atoms. The number of aryl methyl sites for hydroxylation is 8. The molecular formula is C84H62N8O. The first-order valence-electron chi connectivity index (χ1n) is 31.9. The van der Waals surface area contributed by atoms with Gasteiger partial charge in [0, 0.05) is 54.2 Å². The highest BCUT2D eigenvalue weighted by molar-refractivity contribution is 6.19. The van der Waals surface area contributed by atoms with Crippen LogP contribution >= 0.6 is 0 Å². The van der Waals surface area contributed by atoms with E-state index in [2.05, 4.69) is 274 Å². The van der Waals surface area contributed by atoms with E-state index in [0.717, 1.165) is 182 Å². The lowest BCUT2D eigenvalue weighted by molar-refractivity contribution is 0.619. The highest BCUT2D eigenvalue weighted by Gasteiger charge is 2.38. The fourth-order valence-corrected chi connectivity index (χ4v) is 14.8. The van der Waals surface area contributed by atoms with Gasteiger partial charge in [0.15, 0.2) is 23.1 Å². The largest absolute Gasteiger partial charge is 0.436 e. The normalized spacial score (nSPS) is 12.1. The number of aromatic nitrogens is 8. The third kappa shape index (κ3) is 8.32. The van der Waals surface area contributed by atoms with Crippen molar-refractivity contribution in [1.82, 2.24) is 38.2 Å². The molecule has 9 nitrogen and oxygen atoms in total. The summed E-state index contributed by atoms with van der Waals surface area (Å²) in [5.41, 5.74) is 25.3. The summed E-state index contributed by atoms with van der Waals surface area (Å²) in [7, 11) is 0. The Hall–Kier alpha value is -11.7. The van der Waals surface area contributed by atoms with Crippen LogP contribution in [0.3, 0.4) is 0 Å². The maximum absolute atomic E-state index is 7.62. The minimum absolute atomic E-state index is 0.449. The SMILES string of the molecule is Cc1ccc2c(c1)c1cc(C)ccc1n2-c1c(-c2nc(-c3ccccc3)nc(-c3ccccc3)n2)c(-n2c3ccc(C)cc3c3cc(C)ccc32)c(-n2c3ccc(C)cc3c3ccc(C)cc32)c(-c2nc3ccccc3o2)c1-n1c2ccc(C)cc2c2cc(C)ccc21. The summed E-state index contributed by atoms with van der Waals surface area (Å²) >= 11 is 0.